The molecule has 0 unspecified atom stereocenters. The molecule has 180 valence electrons. The number of aromatic nitrogens is 1. The van der Waals surface area contributed by atoms with Gasteiger partial charge >= 0.3 is 5.97 Å². The van der Waals surface area contributed by atoms with Crippen molar-refractivity contribution in [1.82, 2.24) is 14.6 Å². The first-order valence-electron chi connectivity index (χ1n) is 10.8. The number of sulfonamides is 1. The Hall–Kier alpha value is -2.49. The summed E-state index contributed by atoms with van der Waals surface area (Å²) >= 11 is 5.86. The summed E-state index contributed by atoms with van der Waals surface area (Å²) in [5.74, 6) is -1.50. The van der Waals surface area contributed by atoms with Crippen LogP contribution in [0.3, 0.4) is 0 Å². The third-order valence-electron chi connectivity index (χ3n) is 5.07. The molecule has 1 aromatic carbocycles. The fraction of sp³-hybridized carbons (Fsp3) is 0.435. The molecule has 0 saturated heterocycles. The van der Waals surface area contributed by atoms with Gasteiger partial charge in [0.2, 0.25) is 15.9 Å². The highest BCUT2D eigenvalue weighted by molar-refractivity contribution is 7.89. The number of carboxylic acids is 1. The fourth-order valence-electron chi connectivity index (χ4n) is 3.25. The standard InChI is InChI=1S/C23H30ClN3O5S/c1-17(2)22(26-33(31,32)20-11-9-19(24)10-12-20)23(30)27(14-5-3-4-8-21(28)29)16-18-7-6-13-25-15-18/h6-7,9-13,15,17,22,26H,3-5,8,14,16H2,1-2H3,(H,28,29)/t22-/m0/s1. The van der Waals surface area contributed by atoms with Crippen molar-refractivity contribution in [3.63, 3.8) is 0 Å². The van der Waals surface area contributed by atoms with Crippen molar-refractivity contribution in [2.24, 2.45) is 5.92 Å². The summed E-state index contributed by atoms with van der Waals surface area (Å²) in [4.78, 5) is 29.9. The maximum atomic E-state index is 13.5. The average molecular weight is 496 g/mol. The number of rotatable bonds is 13. The van der Waals surface area contributed by atoms with Gasteiger partial charge in [-0.25, -0.2) is 8.42 Å². The second-order valence-electron chi connectivity index (χ2n) is 8.12. The molecule has 0 aliphatic heterocycles. The lowest BCUT2D eigenvalue weighted by Gasteiger charge is -2.30. The Kier molecular flexibility index (Phi) is 10.3. The van der Waals surface area contributed by atoms with Crippen molar-refractivity contribution in [3.8, 4) is 0 Å². The summed E-state index contributed by atoms with van der Waals surface area (Å²) in [6.07, 6.45) is 5.14. The maximum absolute atomic E-state index is 13.5. The third kappa shape index (κ3) is 8.75. The highest BCUT2D eigenvalue weighted by Gasteiger charge is 2.31. The molecular weight excluding hydrogens is 466 g/mol. The van der Waals surface area contributed by atoms with Gasteiger partial charge in [-0.1, -0.05) is 37.9 Å². The summed E-state index contributed by atoms with van der Waals surface area (Å²) in [6.45, 7) is 4.21. The van der Waals surface area contributed by atoms with Crippen molar-refractivity contribution in [2.45, 2.75) is 57.0 Å². The molecule has 10 heteroatoms. The van der Waals surface area contributed by atoms with Crippen LogP contribution < -0.4 is 4.72 Å². The number of carbonyl (C=O) groups is 2. The summed E-state index contributed by atoms with van der Waals surface area (Å²) in [7, 11) is -3.95. The molecule has 0 aliphatic carbocycles. The van der Waals surface area contributed by atoms with Crippen LogP contribution >= 0.6 is 11.6 Å². The SMILES string of the molecule is CC(C)[C@H](NS(=O)(=O)c1ccc(Cl)cc1)C(=O)N(CCCCCC(=O)O)Cc1cccnc1. The van der Waals surface area contributed by atoms with Gasteiger partial charge in [-0.3, -0.25) is 14.6 Å². The molecule has 0 fully saturated rings. The number of hydrogen-bond donors (Lipinski definition) is 2. The first kappa shape index (κ1) is 26.8. The summed E-state index contributed by atoms with van der Waals surface area (Å²) in [5, 5.41) is 9.23. The molecule has 2 rings (SSSR count). The zero-order valence-corrected chi connectivity index (χ0v) is 20.3. The molecule has 0 bridgehead atoms. The normalized spacial score (nSPS) is 12.5. The Morgan fingerprint density at radius 2 is 1.82 bits per heavy atom. The van der Waals surface area contributed by atoms with Crippen LogP contribution in [-0.2, 0) is 26.2 Å². The van der Waals surface area contributed by atoms with Gasteiger partial charge in [0.25, 0.3) is 0 Å². The van der Waals surface area contributed by atoms with E-state index < -0.39 is 22.0 Å². The highest BCUT2D eigenvalue weighted by atomic mass is 35.5. The second-order valence-corrected chi connectivity index (χ2v) is 10.3. The number of nitrogens with one attached hydrogen (secondary N) is 1. The molecular formula is C23H30ClN3O5S. The minimum Gasteiger partial charge on any atom is -0.481 e. The molecule has 0 radical (unpaired) electrons. The molecule has 1 heterocycles. The minimum atomic E-state index is -3.95. The van der Waals surface area contributed by atoms with E-state index in [4.69, 9.17) is 16.7 Å². The van der Waals surface area contributed by atoms with Crippen LogP contribution in [0.1, 0.15) is 45.1 Å². The molecule has 0 spiro atoms. The highest BCUT2D eigenvalue weighted by Crippen LogP contribution is 2.18. The van der Waals surface area contributed by atoms with Crippen LogP contribution in [0.5, 0.6) is 0 Å². The molecule has 33 heavy (non-hydrogen) atoms. The molecule has 2 N–H and O–H groups in total. The molecule has 1 aromatic heterocycles. The van der Waals surface area contributed by atoms with Gasteiger partial charge in [-0.2, -0.15) is 4.72 Å². The van der Waals surface area contributed by atoms with Crippen molar-refractivity contribution in [1.29, 1.82) is 0 Å². The second kappa shape index (κ2) is 12.7. The van der Waals surface area contributed by atoms with E-state index in [1.807, 2.05) is 6.07 Å². The number of amides is 1. The monoisotopic (exact) mass is 495 g/mol. The summed E-state index contributed by atoms with van der Waals surface area (Å²) in [5.41, 5.74) is 0.819. The van der Waals surface area contributed by atoms with E-state index in [-0.39, 0.29) is 29.7 Å². The van der Waals surface area contributed by atoms with E-state index in [0.717, 1.165) is 5.56 Å². The van der Waals surface area contributed by atoms with Gasteiger partial charge in [0, 0.05) is 36.9 Å². The van der Waals surface area contributed by atoms with E-state index in [1.54, 1.807) is 37.2 Å². The van der Waals surface area contributed by atoms with Crippen LogP contribution in [0.15, 0.2) is 53.7 Å². The first-order chi connectivity index (χ1) is 15.6. The lowest BCUT2D eigenvalue weighted by atomic mass is 10.0. The van der Waals surface area contributed by atoms with Gasteiger partial charge in [0.05, 0.1) is 4.90 Å². The first-order valence-corrected chi connectivity index (χ1v) is 12.6. The van der Waals surface area contributed by atoms with Crippen molar-refractivity contribution >= 4 is 33.5 Å². The number of carboxylic acid groups (broad SMARTS) is 1. The quantitative estimate of drug-likeness (QED) is 0.409. The van der Waals surface area contributed by atoms with Crippen LogP contribution in [0, 0.1) is 5.92 Å². The van der Waals surface area contributed by atoms with Crippen LogP contribution in [0.2, 0.25) is 5.02 Å². The van der Waals surface area contributed by atoms with Gasteiger partial charge in [-0.05, 0) is 54.7 Å². The van der Waals surface area contributed by atoms with Crippen molar-refractivity contribution in [2.75, 3.05) is 6.54 Å². The van der Waals surface area contributed by atoms with Gasteiger partial charge < -0.3 is 10.0 Å². The van der Waals surface area contributed by atoms with Crippen molar-refractivity contribution in [3.05, 3.63) is 59.4 Å². The number of halogens is 1. The Labute approximate surface area is 200 Å². The number of unbranched alkanes of at least 4 members (excludes halogenated alkanes) is 2. The zero-order chi connectivity index (χ0) is 24.4. The summed E-state index contributed by atoms with van der Waals surface area (Å²) in [6, 6.07) is 8.39. The van der Waals surface area contributed by atoms with Crippen LogP contribution in [0.4, 0.5) is 0 Å². The number of hydrogen-bond acceptors (Lipinski definition) is 5. The molecule has 1 atom stereocenters. The van der Waals surface area contributed by atoms with E-state index in [0.29, 0.717) is 30.8 Å². The number of pyridine rings is 1. The summed E-state index contributed by atoms with van der Waals surface area (Å²) < 4.78 is 28.4. The van der Waals surface area contributed by atoms with Gasteiger partial charge in [-0.15, -0.1) is 0 Å². The third-order valence-corrected chi connectivity index (χ3v) is 6.77. The molecule has 0 saturated carbocycles. The Bertz CT molecular complexity index is 1010. The van der Waals surface area contributed by atoms with E-state index in [9.17, 15) is 18.0 Å². The minimum absolute atomic E-state index is 0.0258. The van der Waals surface area contributed by atoms with E-state index >= 15 is 0 Å². The molecule has 8 nitrogen and oxygen atoms in total. The lowest BCUT2D eigenvalue weighted by molar-refractivity contribution is -0.137. The Balaban J connectivity index is 2.19. The number of aliphatic carboxylic acids is 1. The predicted octanol–water partition coefficient (Wildman–Crippen LogP) is 3.71. The van der Waals surface area contributed by atoms with Gasteiger partial charge in [0.15, 0.2) is 0 Å². The van der Waals surface area contributed by atoms with Gasteiger partial charge in [0.1, 0.15) is 6.04 Å². The zero-order valence-electron chi connectivity index (χ0n) is 18.8. The fourth-order valence-corrected chi connectivity index (χ4v) is 4.72. The maximum Gasteiger partial charge on any atom is 0.303 e. The number of benzene rings is 1. The van der Waals surface area contributed by atoms with E-state index in [2.05, 4.69) is 9.71 Å². The molecule has 0 aliphatic rings. The Morgan fingerprint density at radius 1 is 1.12 bits per heavy atom. The van der Waals surface area contributed by atoms with E-state index in [1.165, 1.54) is 24.3 Å². The van der Waals surface area contributed by atoms with Crippen LogP contribution in [0.25, 0.3) is 0 Å². The topological polar surface area (TPSA) is 117 Å². The smallest absolute Gasteiger partial charge is 0.303 e. The van der Waals surface area contributed by atoms with Crippen molar-refractivity contribution < 1.29 is 23.1 Å². The predicted molar refractivity (Wildman–Crippen MR) is 126 cm³/mol. The molecule has 2 aromatic rings. The number of nitrogens with zero attached hydrogens (tertiary/aromatic N) is 2. The lowest BCUT2D eigenvalue weighted by Crippen LogP contribution is -2.51. The molecule has 1 amide bonds. The largest absolute Gasteiger partial charge is 0.481 e. The Morgan fingerprint density at radius 3 is 2.39 bits per heavy atom. The average Bonchev–Trinajstić information content (AvgIpc) is 2.76. The van der Waals surface area contributed by atoms with Crippen LogP contribution in [-0.4, -0.2) is 47.9 Å². The number of carbonyl (C=O) groups excluding carboxylic acids is 1.